The van der Waals surface area contributed by atoms with Crippen LogP contribution in [0.25, 0.3) is 0 Å². The molecule has 0 aliphatic rings. The Morgan fingerprint density at radius 1 is 0.875 bits per heavy atom. The molecule has 0 spiro atoms. The minimum absolute atomic E-state index is 0. The van der Waals surface area contributed by atoms with Gasteiger partial charge in [-0.15, -0.1) is 0 Å². The van der Waals surface area contributed by atoms with Gasteiger partial charge in [0, 0.05) is 17.1 Å². The SMILES string of the molecule is CC(C)OC(C)C.[Cu]. The minimum atomic E-state index is 0. The molecule has 0 heterocycles. The maximum atomic E-state index is 5.25. The molecule has 0 bridgehead atoms. The van der Waals surface area contributed by atoms with E-state index in [1.165, 1.54) is 0 Å². The Hall–Kier alpha value is 0.479. The molecule has 55 valence electrons. The first-order valence-corrected chi connectivity index (χ1v) is 2.78. The second-order valence-electron chi connectivity index (χ2n) is 2.23. The number of rotatable bonds is 2. The van der Waals surface area contributed by atoms with E-state index in [-0.39, 0.29) is 17.1 Å². The fraction of sp³-hybridized carbons (Fsp3) is 1.00. The molecule has 0 aliphatic carbocycles. The van der Waals surface area contributed by atoms with Gasteiger partial charge in [0.2, 0.25) is 0 Å². The largest absolute Gasteiger partial charge is 0.376 e. The molecule has 0 aromatic heterocycles. The molecule has 0 unspecified atom stereocenters. The van der Waals surface area contributed by atoms with Crippen molar-refractivity contribution in [1.82, 2.24) is 0 Å². The van der Waals surface area contributed by atoms with Gasteiger partial charge in [-0.3, -0.25) is 0 Å². The van der Waals surface area contributed by atoms with E-state index in [2.05, 4.69) is 0 Å². The average Bonchev–Trinajstić information content (AvgIpc) is 1.27. The molecule has 0 N–H and O–H groups in total. The van der Waals surface area contributed by atoms with E-state index < -0.39 is 0 Å². The molecule has 0 aliphatic heterocycles. The van der Waals surface area contributed by atoms with E-state index in [1.807, 2.05) is 27.7 Å². The molecule has 2 heteroatoms. The van der Waals surface area contributed by atoms with Crippen LogP contribution >= 0.6 is 0 Å². The summed E-state index contributed by atoms with van der Waals surface area (Å²) in [4.78, 5) is 0. The Morgan fingerprint density at radius 2 is 1.12 bits per heavy atom. The Kier molecular flexibility index (Phi) is 7.93. The third kappa shape index (κ3) is 9.70. The van der Waals surface area contributed by atoms with E-state index in [1.54, 1.807) is 0 Å². The van der Waals surface area contributed by atoms with Gasteiger partial charge in [-0.05, 0) is 27.7 Å². The summed E-state index contributed by atoms with van der Waals surface area (Å²) in [7, 11) is 0. The molecule has 8 heavy (non-hydrogen) atoms. The molecule has 0 fully saturated rings. The van der Waals surface area contributed by atoms with E-state index in [9.17, 15) is 0 Å². The third-order valence-corrected chi connectivity index (χ3v) is 0.544. The molecule has 0 rings (SSSR count). The van der Waals surface area contributed by atoms with Crippen LogP contribution in [0.1, 0.15) is 27.7 Å². The van der Waals surface area contributed by atoms with Crippen LogP contribution in [0.5, 0.6) is 0 Å². The van der Waals surface area contributed by atoms with Crippen molar-refractivity contribution < 1.29 is 21.8 Å². The predicted octanol–water partition coefficient (Wildman–Crippen LogP) is 1.82. The predicted molar refractivity (Wildman–Crippen MR) is 31.4 cm³/mol. The van der Waals surface area contributed by atoms with Crippen LogP contribution in [0.15, 0.2) is 0 Å². The molecule has 0 atom stereocenters. The van der Waals surface area contributed by atoms with Crippen molar-refractivity contribution in [3.8, 4) is 0 Å². The maximum Gasteiger partial charge on any atom is 0.0522 e. The summed E-state index contributed by atoms with van der Waals surface area (Å²) in [5.74, 6) is 0. The van der Waals surface area contributed by atoms with Crippen LogP contribution in [0.2, 0.25) is 0 Å². The van der Waals surface area contributed by atoms with Crippen LogP contribution in [0.4, 0.5) is 0 Å². The van der Waals surface area contributed by atoms with Gasteiger partial charge in [-0.25, -0.2) is 0 Å². The second-order valence-corrected chi connectivity index (χ2v) is 2.23. The van der Waals surface area contributed by atoms with E-state index in [4.69, 9.17) is 4.74 Å². The summed E-state index contributed by atoms with van der Waals surface area (Å²) in [6.07, 6.45) is 0.750. The summed E-state index contributed by atoms with van der Waals surface area (Å²) in [5.41, 5.74) is 0. The summed E-state index contributed by atoms with van der Waals surface area (Å²) < 4.78 is 5.25. The van der Waals surface area contributed by atoms with Crippen LogP contribution in [-0.2, 0) is 21.8 Å². The molecule has 0 aromatic rings. The summed E-state index contributed by atoms with van der Waals surface area (Å²) in [6.45, 7) is 8.17. The Labute approximate surface area is 62.3 Å². The molecular weight excluding hydrogens is 152 g/mol. The van der Waals surface area contributed by atoms with Gasteiger partial charge in [0.25, 0.3) is 0 Å². The van der Waals surface area contributed by atoms with Crippen molar-refractivity contribution in [3.05, 3.63) is 0 Å². The van der Waals surface area contributed by atoms with E-state index in [0.717, 1.165) is 0 Å². The minimum Gasteiger partial charge on any atom is -0.376 e. The van der Waals surface area contributed by atoms with Crippen molar-refractivity contribution in [2.75, 3.05) is 0 Å². The first kappa shape index (κ1) is 11.3. The van der Waals surface area contributed by atoms with Crippen LogP contribution in [0, 0.1) is 0 Å². The maximum absolute atomic E-state index is 5.25. The smallest absolute Gasteiger partial charge is 0.0522 e. The average molecular weight is 166 g/mol. The van der Waals surface area contributed by atoms with Gasteiger partial charge in [0.05, 0.1) is 12.2 Å². The fourth-order valence-corrected chi connectivity index (χ4v) is 0.544. The Bertz CT molecular complexity index is 37.8. The number of hydrogen-bond donors (Lipinski definition) is 0. The first-order valence-electron chi connectivity index (χ1n) is 2.78. The van der Waals surface area contributed by atoms with Crippen molar-refractivity contribution >= 4 is 0 Å². The van der Waals surface area contributed by atoms with Gasteiger partial charge < -0.3 is 4.74 Å². The normalized spacial score (nSPS) is 9.75. The number of ether oxygens (including phenoxy) is 1. The third-order valence-electron chi connectivity index (χ3n) is 0.544. The summed E-state index contributed by atoms with van der Waals surface area (Å²) in [5, 5.41) is 0. The summed E-state index contributed by atoms with van der Waals surface area (Å²) >= 11 is 0. The van der Waals surface area contributed by atoms with Crippen LogP contribution < -0.4 is 0 Å². The Morgan fingerprint density at radius 3 is 1.12 bits per heavy atom. The van der Waals surface area contributed by atoms with E-state index >= 15 is 0 Å². The van der Waals surface area contributed by atoms with Crippen LogP contribution in [-0.4, -0.2) is 12.2 Å². The van der Waals surface area contributed by atoms with E-state index in [0.29, 0.717) is 12.2 Å². The zero-order valence-electron chi connectivity index (χ0n) is 5.86. The second kappa shape index (κ2) is 5.61. The van der Waals surface area contributed by atoms with Crippen molar-refractivity contribution in [2.24, 2.45) is 0 Å². The van der Waals surface area contributed by atoms with Gasteiger partial charge in [0.15, 0.2) is 0 Å². The van der Waals surface area contributed by atoms with Crippen molar-refractivity contribution in [3.63, 3.8) is 0 Å². The molecule has 0 saturated heterocycles. The molecule has 0 aromatic carbocycles. The van der Waals surface area contributed by atoms with Gasteiger partial charge in [-0.2, -0.15) is 0 Å². The first-order chi connectivity index (χ1) is 3.13. The van der Waals surface area contributed by atoms with Crippen molar-refractivity contribution in [2.45, 2.75) is 39.9 Å². The molecule has 1 radical (unpaired) electrons. The number of hydrogen-bond acceptors (Lipinski definition) is 1. The van der Waals surface area contributed by atoms with Gasteiger partial charge in [0.1, 0.15) is 0 Å². The zero-order chi connectivity index (χ0) is 5.86. The quantitative estimate of drug-likeness (QED) is 0.568. The Balaban J connectivity index is 0. The zero-order valence-corrected chi connectivity index (χ0v) is 6.81. The molecule has 0 amide bonds. The molecule has 1 nitrogen and oxygen atoms in total. The van der Waals surface area contributed by atoms with Gasteiger partial charge >= 0.3 is 0 Å². The fourth-order valence-electron chi connectivity index (χ4n) is 0.544. The molecular formula is C6H14CuO. The summed E-state index contributed by atoms with van der Waals surface area (Å²) in [6, 6.07) is 0. The van der Waals surface area contributed by atoms with Crippen LogP contribution in [0.3, 0.4) is 0 Å². The van der Waals surface area contributed by atoms with Crippen molar-refractivity contribution in [1.29, 1.82) is 0 Å². The standard InChI is InChI=1S/C6H14O.Cu/c1-5(2)7-6(3)4;/h5-6H,1-4H3;. The molecule has 0 saturated carbocycles. The topological polar surface area (TPSA) is 9.23 Å². The van der Waals surface area contributed by atoms with Gasteiger partial charge in [-0.1, -0.05) is 0 Å². The monoisotopic (exact) mass is 165 g/mol.